The summed E-state index contributed by atoms with van der Waals surface area (Å²) in [5.41, 5.74) is 0.115. The van der Waals surface area contributed by atoms with Crippen molar-refractivity contribution in [3.05, 3.63) is 28.8 Å². The fourth-order valence-corrected chi connectivity index (χ4v) is 3.59. The van der Waals surface area contributed by atoms with Crippen molar-refractivity contribution in [1.29, 1.82) is 0 Å². The molecule has 0 aliphatic carbocycles. The molecule has 1 aliphatic rings. The first-order chi connectivity index (χ1) is 13.6. The molecule has 1 heterocycles. The van der Waals surface area contributed by atoms with Crippen LogP contribution < -0.4 is 10.1 Å². The van der Waals surface area contributed by atoms with Gasteiger partial charge in [-0.15, -0.1) is 0 Å². The predicted molar refractivity (Wildman–Crippen MR) is 115 cm³/mol. The lowest BCUT2D eigenvalue weighted by molar-refractivity contribution is -0.141. The highest BCUT2D eigenvalue weighted by Gasteiger charge is 2.26. The Balaban J connectivity index is 1.95. The van der Waals surface area contributed by atoms with Gasteiger partial charge in [-0.3, -0.25) is 9.59 Å². The molecule has 7 heteroatoms. The molecule has 1 N–H and O–H groups in total. The Labute approximate surface area is 178 Å². The summed E-state index contributed by atoms with van der Waals surface area (Å²) in [6, 6.07) is 5.49. The van der Waals surface area contributed by atoms with E-state index >= 15 is 0 Å². The molecule has 1 atom stereocenters. The number of esters is 1. The quantitative estimate of drug-likeness (QED) is 0.668. The van der Waals surface area contributed by atoms with E-state index in [0.717, 1.165) is 32.4 Å². The molecule has 1 amide bonds. The Hall–Kier alpha value is -1.79. The number of carbonyl (C=O) groups excluding carboxylic acids is 2. The van der Waals surface area contributed by atoms with Gasteiger partial charge in [0.05, 0.1) is 12.7 Å². The van der Waals surface area contributed by atoms with Gasteiger partial charge in [0.2, 0.25) is 0 Å². The van der Waals surface area contributed by atoms with Gasteiger partial charge in [0.1, 0.15) is 11.9 Å². The normalized spacial score (nSPS) is 16.9. The number of hydrogen-bond donors (Lipinski definition) is 1. The highest BCUT2D eigenvalue weighted by atomic mass is 35.5. The van der Waals surface area contributed by atoms with Crippen molar-refractivity contribution in [3.8, 4) is 5.75 Å². The Bertz CT molecular complexity index is 709. The third kappa shape index (κ3) is 7.52. The Kier molecular flexibility index (Phi) is 8.34. The van der Waals surface area contributed by atoms with E-state index in [0.29, 0.717) is 28.8 Å². The maximum atomic E-state index is 12.7. The molecule has 1 saturated heterocycles. The van der Waals surface area contributed by atoms with Crippen LogP contribution in [-0.4, -0.2) is 54.7 Å². The minimum atomic E-state index is -0.345. The van der Waals surface area contributed by atoms with E-state index in [1.54, 1.807) is 18.2 Å². The van der Waals surface area contributed by atoms with E-state index in [2.05, 4.69) is 17.1 Å². The van der Waals surface area contributed by atoms with Gasteiger partial charge in [0.15, 0.2) is 0 Å². The molecule has 1 fully saturated rings. The molecule has 1 aromatic rings. The van der Waals surface area contributed by atoms with Crippen LogP contribution in [0, 0.1) is 0 Å². The number of likely N-dealkylation sites (tertiary alicyclic amines) is 1. The van der Waals surface area contributed by atoms with Crippen LogP contribution in [-0.2, 0) is 9.53 Å². The topological polar surface area (TPSA) is 67.9 Å². The minimum absolute atomic E-state index is 0.0430. The Morgan fingerprint density at radius 2 is 1.93 bits per heavy atom. The molecule has 6 nitrogen and oxygen atoms in total. The largest absolute Gasteiger partial charge is 0.489 e. The van der Waals surface area contributed by atoms with Gasteiger partial charge in [0, 0.05) is 36.1 Å². The highest BCUT2D eigenvalue weighted by molar-refractivity contribution is 6.31. The van der Waals surface area contributed by atoms with Crippen molar-refractivity contribution in [2.24, 2.45) is 0 Å². The monoisotopic (exact) mass is 424 g/mol. The average molecular weight is 425 g/mol. The van der Waals surface area contributed by atoms with Gasteiger partial charge in [-0.25, -0.2) is 0 Å². The van der Waals surface area contributed by atoms with Crippen molar-refractivity contribution in [3.63, 3.8) is 0 Å². The number of halogens is 1. The summed E-state index contributed by atoms with van der Waals surface area (Å²) in [6.07, 6.45) is 3.00. The van der Waals surface area contributed by atoms with Crippen LogP contribution in [0.5, 0.6) is 5.75 Å². The zero-order chi connectivity index (χ0) is 21.6. The summed E-state index contributed by atoms with van der Waals surface area (Å²) < 4.78 is 10.9. The van der Waals surface area contributed by atoms with Gasteiger partial charge in [0.25, 0.3) is 5.91 Å². The third-order valence-electron chi connectivity index (χ3n) is 5.06. The van der Waals surface area contributed by atoms with Gasteiger partial charge < -0.3 is 19.7 Å². The standard InChI is InChI=1S/C22H33ClN2O4/c1-15(6-9-20(26)28-5)25-12-10-17(11-13-25)29-19-8-7-16(23)14-18(19)21(27)24-22(2,3)4/h7-8,14-15,17H,6,9-13H2,1-5H3,(H,24,27)/t15-/m1/s1. The number of nitrogens with one attached hydrogen (secondary N) is 1. The van der Waals surface area contributed by atoms with E-state index < -0.39 is 0 Å². The van der Waals surface area contributed by atoms with Crippen LogP contribution in [0.4, 0.5) is 0 Å². The van der Waals surface area contributed by atoms with Crippen molar-refractivity contribution < 1.29 is 19.1 Å². The second kappa shape index (κ2) is 10.3. The summed E-state index contributed by atoms with van der Waals surface area (Å²) in [6.45, 7) is 9.74. The molecule has 1 aromatic carbocycles. The fourth-order valence-electron chi connectivity index (χ4n) is 3.42. The summed E-state index contributed by atoms with van der Waals surface area (Å²) in [4.78, 5) is 26.4. The number of benzene rings is 1. The first-order valence-corrected chi connectivity index (χ1v) is 10.6. The molecule has 2 rings (SSSR count). The molecule has 1 aliphatic heterocycles. The van der Waals surface area contributed by atoms with E-state index in [4.69, 9.17) is 21.1 Å². The Morgan fingerprint density at radius 3 is 2.52 bits per heavy atom. The third-order valence-corrected chi connectivity index (χ3v) is 5.30. The maximum absolute atomic E-state index is 12.7. The first-order valence-electron chi connectivity index (χ1n) is 10.2. The fraction of sp³-hybridized carbons (Fsp3) is 0.636. The molecule has 0 unspecified atom stereocenters. The number of methoxy groups -OCH3 is 1. The van der Waals surface area contributed by atoms with Gasteiger partial charge in [-0.1, -0.05) is 11.6 Å². The lowest BCUT2D eigenvalue weighted by atomic mass is 10.0. The van der Waals surface area contributed by atoms with Crippen molar-refractivity contribution >= 4 is 23.5 Å². The lowest BCUT2D eigenvalue weighted by Gasteiger charge is -2.36. The number of amides is 1. The number of hydrogen-bond acceptors (Lipinski definition) is 5. The summed E-state index contributed by atoms with van der Waals surface area (Å²) in [5.74, 6) is 0.205. The minimum Gasteiger partial charge on any atom is -0.489 e. The lowest BCUT2D eigenvalue weighted by Crippen LogP contribution is -2.43. The molecular formula is C22H33ClN2O4. The predicted octanol–water partition coefficient (Wildman–Crippen LogP) is 4.05. The number of carbonyl (C=O) groups is 2. The molecule has 29 heavy (non-hydrogen) atoms. The van der Waals surface area contributed by atoms with Gasteiger partial charge in [-0.05, 0) is 65.2 Å². The summed E-state index contributed by atoms with van der Waals surface area (Å²) in [7, 11) is 1.42. The SMILES string of the molecule is COC(=O)CC[C@@H](C)N1CCC(Oc2ccc(Cl)cc2C(=O)NC(C)(C)C)CC1. The molecule has 0 radical (unpaired) electrons. The van der Waals surface area contributed by atoms with Crippen molar-refractivity contribution in [1.82, 2.24) is 10.2 Å². The zero-order valence-corrected chi connectivity index (χ0v) is 18.8. The smallest absolute Gasteiger partial charge is 0.305 e. The van der Waals surface area contributed by atoms with Gasteiger partial charge in [-0.2, -0.15) is 0 Å². The molecule has 0 saturated carbocycles. The van der Waals surface area contributed by atoms with Crippen LogP contribution in [0.3, 0.4) is 0 Å². The molecule has 0 aromatic heterocycles. The van der Waals surface area contributed by atoms with Crippen LogP contribution >= 0.6 is 11.6 Å². The maximum Gasteiger partial charge on any atom is 0.305 e. The van der Waals surface area contributed by atoms with E-state index in [-0.39, 0.29) is 23.5 Å². The summed E-state index contributed by atoms with van der Waals surface area (Å²) >= 11 is 6.12. The zero-order valence-electron chi connectivity index (χ0n) is 18.1. The molecule has 0 spiro atoms. The molecule has 0 bridgehead atoms. The second-order valence-corrected chi connectivity index (χ2v) is 9.10. The average Bonchev–Trinajstić information content (AvgIpc) is 2.66. The van der Waals surface area contributed by atoms with E-state index in [9.17, 15) is 9.59 Å². The number of nitrogens with zero attached hydrogens (tertiary/aromatic N) is 1. The van der Waals surface area contributed by atoms with Crippen LogP contribution in [0.25, 0.3) is 0 Å². The van der Waals surface area contributed by atoms with Crippen LogP contribution in [0.2, 0.25) is 5.02 Å². The molecule has 162 valence electrons. The highest BCUT2D eigenvalue weighted by Crippen LogP contribution is 2.27. The number of rotatable bonds is 7. The van der Waals surface area contributed by atoms with E-state index in [1.807, 2.05) is 20.8 Å². The molecular weight excluding hydrogens is 392 g/mol. The van der Waals surface area contributed by atoms with Crippen molar-refractivity contribution in [2.45, 2.75) is 71.1 Å². The second-order valence-electron chi connectivity index (χ2n) is 8.66. The van der Waals surface area contributed by atoms with Crippen LogP contribution in [0.1, 0.15) is 63.7 Å². The van der Waals surface area contributed by atoms with Crippen LogP contribution in [0.15, 0.2) is 18.2 Å². The van der Waals surface area contributed by atoms with Gasteiger partial charge >= 0.3 is 5.97 Å². The van der Waals surface area contributed by atoms with E-state index in [1.165, 1.54) is 7.11 Å². The number of piperidine rings is 1. The first kappa shape index (κ1) is 23.5. The number of ether oxygens (including phenoxy) is 2. The van der Waals surface area contributed by atoms with Crippen molar-refractivity contribution in [2.75, 3.05) is 20.2 Å². The Morgan fingerprint density at radius 1 is 1.28 bits per heavy atom. The summed E-state index contributed by atoms with van der Waals surface area (Å²) in [5, 5.41) is 3.47.